The molecule has 0 aliphatic heterocycles. The van der Waals surface area contributed by atoms with E-state index in [0.717, 1.165) is 35.8 Å². The average molecular weight is 380 g/mol. The molecule has 27 heavy (non-hydrogen) atoms. The Hall–Kier alpha value is -2.93. The fraction of sp³-hybridized carbons (Fsp3) is 0.250. The summed E-state index contributed by atoms with van der Waals surface area (Å²) in [6.07, 6.45) is 4.30. The second kappa shape index (κ2) is 7.75. The summed E-state index contributed by atoms with van der Waals surface area (Å²) in [5.74, 6) is -0.245. The minimum atomic E-state index is -0.262. The predicted molar refractivity (Wildman–Crippen MR) is 105 cm³/mol. The number of aryl methyl sites for hydroxylation is 1. The number of para-hydroxylation sites is 1. The van der Waals surface area contributed by atoms with Gasteiger partial charge in [-0.15, -0.1) is 11.3 Å². The van der Waals surface area contributed by atoms with Gasteiger partial charge >= 0.3 is 0 Å². The van der Waals surface area contributed by atoms with Gasteiger partial charge in [-0.25, -0.2) is 4.98 Å². The van der Waals surface area contributed by atoms with E-state index < -0.39 is 0 Å². The first kappa shape index (κ1) is 17.5. The van der Waals surface area contributed by atoms with Crippen LogP contribution in [0.2, 0.25) is 0 Å². The Morgan fingerprint density at radius 2 is 2.07 bits per heavy atom. The number of carbonyl (C=O) groups is 1. The third kappa shape index (κ3) is 3.93. The number of pyridine rings is 1. The topological polar surface area (TPSA) is 87.1 Å². The third-order valence-electron chi connectivity index (χ3n) is 4.59. The minimum absolute atomic E-state index is 0.0717. The number of hydrogen-bond donors (Lipinski definition) is 3. The summed E-state index contributed by atoms with van der Waals surface area (Å²) in [5, 5.41) is 16.8. The van der Waals surface area contributed by atoms with E-state index in [9.17, 15) is 9.90 Å². The maximum Gasteiger partial charge on any atom is 0.229 e. The maximum atomic E-state index is 12.7. The van der Waals surface area contributed by atoms with Gasteiger partial charge in [-0.1, -0.05) is 18.2 Å². The first-order valence-corrected chi connectivity index (χ1v) is 9.74. The fourth-order valence-corrected chi connectivity index (χ4v) is 4.32. The number of rotatable bonds is 5. The van der Waals surface area contributed by atoms with Crippen LogP contribution in [0, 0.1) is 0 Å². The molecule has 1 atom stereocenters. The van der Waals surface area contributed by atoms with E-state index in [1.54, 1.807) is 29.7 Å². The predicted octanol–water partition coefficient (Wildman–Crippen LogP) is 3.72. The molecule has 7 heteroatoms. The molecule has 0 spiro atoms. The lowest BCUT2D eigenvalue weighted by atomic mass is 9.90. The highest BCUT2D eigenvalue weighted by Gasteiger charge is 2.30. The summed E-state index contributed by atoms with van der Waals surface area (Å²) in [4.78, 5) is 22.7. The first-order valence-electron chi connectivity index (χ1n) is 8.93. The van der Waals surface area contributed by atoms with Crippen molar-refractivity contribution < 1.29 is 9.90 Å². The Morgan fingerprint density at radius 1 is 1.22 bits per heavy atom. The highest BCUT2D eigenvalue weighted by atomic mass is 32.1. The number of nitrogens with zero attached hydrogens (tertiary/aromatic N) is 2. The largest absolute Gasteiger partial charge is 0.506 e. The van der Waals surface area contributed by atoms with Gasteiger partial charge in [0.15, 0.2) is 5.13 Å². The number of nitrogens with one attached hydrogen (secondary N) is 2. The summed E-state index contributed by atoms with van der Waals surface area (Å²) >= 11 is 1.61. The van der Waals surface area contributed by atoms with Gasteiger partial charge < -0.3 is 15.7 Å². The molecule has 138 valence electrons. The molecule has 2 aromatic heterocycles. The van der Waals surface area contributed by atoms with E-state index in [-0.39, 0.29) is 24.1 Å². The number of benzene rings is 1. The Morgan fingerprint density at radius 3 is 2.89 bits per heavy atom. The maximum absolute atomic E-state index is 12.7. The van der Waals surface area contributed by atoms with Crippen molar-refractivity contribution in [3.05, 3.63) is 64.9 Å². The van der Waals surface area contributed by atoms with E-state index in [1.807, 2.05) is 30.3 Å². The molecule has 1 amide bonds. The first-order chi connectivity index (χ1) is 13.2. The summed E-state index contributed by atoms with van der Waals surface area (Å²) in [6.45, 7) is 0.205. The van der Waals surface area contributed by atoms with Crippen LogP contribution in [-0.2, 0) is 17.8 Å². The van der Waals surface area contributed by atoms with Crippen molar-refractivity contribution in [3.8, 4) is 5.75 Å². The lowest BCUT2D eigenvalue weighted by molar-refractivity contribution is -0.123. The number of fused-ring (bicyclic) bond motifs is 1. The number of carbonyl (C=O) groups excluding carboxylic acids is 1. The van der Waals surface area contributed by atoms with Crippen LogP contribution < -0.4 is 10.6 Å². The average Bonchev–Trinajstić information content (AvgIpc) is 3.10. The second-order valence-electron chi connectivity index (χ2n) is 6.45. The molecule has 3 N–H and O–H groups in total. The van der Waals surface area contributed by atoms with Crippen LogP contribution in [0.3, 0.4) is 0 Å². The Balaban J connectivity index is 1.47. The molecule has 1 aromatic carbocycles. The standard InChI is InChI=1S/C20H20N4O2S/c25-16-9-5-11-21-15(16)12-22-19(26)14-8-4-10-17-18(14)24-20(27-17)23-13-6-2-1-3-7-13/h1-3,5-7,9,11,14,25H,4,8,10,12H2,(H,22,26)(H,23,24). The number of thiazole rings is 1. The molecule has 0 saturated heterocycles. The van der Waals surface area contributed by atoms with Crippen molar-refractivity contribution >= 4 is 28.1 Å². The van der Waals surface area contributed by atoms with Gasteiger partial charge in [-0.05, 0) is 43.5 Å². The molecule has 2 heterocycles. The van der Waals surface area contributed by atoms with Gasteiger partial charge in [0.25, 0.3) is 0 Å². The van der Waals surface area contributed by atoms with Crippen molar-refractivity contribution in [2.45, 2.75) is 31.7 Å². The molecule has 6 nitrogen and oxygen atoms in total. The molecule has 1 unspecified atom stereocenters. The van der Waals surface area contributed by atoms with Gasteiger partial charge in [0, 0.05) is 16.8 Å². The molecule has 0 saturated carbocycles. The molecule has 1 aliphatic rings. The number of aromatic hydroxyl groups is 1. The SMILES string of the molecule is O=C(NCc1ncccc1O)C1CCCc2sc(Nc3ccccc3)nc21. The Kier molecular flexibility index (Phi) is 5.02. The van der Waals surface area contributed by atoms with E-state index in [4.69, 9.17) is 4.98 Å². The van der Waals surface area contributed by atoms with E-state index in [2.05, 4.69) is 15.6 Å². The third-order valence-corrected chi connectivity index (χ3v) is 5.64. The molecule has 0 radical (unpaired) electrons. The van der Waals surface area contributed by atoms with Gasteiger partial charge in [0.05, 0.1) is 18.2 Å². The van der Waals surface area contributed by atoms with Crippen molar-refractivity contribution in [1.82, 2.24) is 15.3 Å². The van der Waals surface area contributed by atoms with Crippen LogP contribution in [0.5, 0.6) is 5.75 Å². The lowest BCUT2D eigenvalue weighted by Crippen LogP contribution is -2.31. The van der Waals surface area contributed by atoms with Gasteiger partial charge in [-0.3, -0.25) is 9.78 Å². The highest BCUT2D eigenvalue weighted by Crippen LogP contribution is 2.37. The van der Waals surface area contributed by atoms with Crippen LogP contribution in [0.4, 0.5) is 10.8 Å². The summed E-state index contributed by atoms with van der Waals surface area (Å²) in [6, 6.07) is 13.1. The zero-order valence-corrected chi connectivity index (χ0v) is 15.5. The van der Waals surface area contributed by atoms with Gasteiger partial charge in [-0.2, -0.15) is 0 Å². The molecular formula is C20H20N4O2S. The van der Waals surface area contributed by atoms with Crippen molar-refractivity contribution in [3.63, 3.8) is 0 Å². The molecule has 0 bridgehead atoms. The lowest BCUT2D eigenvalue weighted by Gasteiger charge is -2.20. The van der Waals surface area contributed by atoms with Crippen molar-refractivity contribution in [2.75, 3.05) is 5.32 Å². The molecule has 3 aromatic rings. The normalized spacial score (nSPS) is 15.8. The monoisotopic (exact) mass is 380 g/mol. The quantitative estimate of drug-likeness (QED) is 0.628. The second-order valence-corrected chi connectivity index (χ2v) is 7.53. The van der Waals surface area contributed by atoms with E-state index in [1.165, 1.54) is 4.88 Å². The van der Waals surface area contributed by atoms with Gasteiger partial charge in [0.2, 0.25) is 5.91 Å². The number of hydrogen-bond acceptors (Lipinski definition) is 6. The van der Waals surface area contributed by atoms with Crippen molar-refractivity contribution in [2.24, 2.45) is 0 Å². The molecule has 0 fully saturated rings. The molecular weight excluding hydrogens is 360 g/mol. The fourth-order valence-electron chi connectivity index (χ4n) is 3.23. The Labute approximate surface area is 161 Å². The highest BCUT2D eigenvalue weighted by molar-refractivity contribution is 7.15. The number of anilines is 2. The summed E-state index contributed by atoms with van der Waals surface area (Å²) in [7, 11) is 0. The zero-order chi connectivity index (χ0) is 18.6. The molecule has 4 rings (SSSR count). The summed E-state index contributed by atoms with van der Waals surface area (Å²) < 4.78 is 0. The van der Waals surface area contributed by atoms with Crippen LogP contribution in [0.1, 0.15) is 35.0 Å². The smallest absolute Gasteiger partial charge is 0.229 e. The zero-order valence-electron chi connectivity index (χ0n) is 14.7. The molecule has 1 aliphatic carbocycles. The number of amides is 1. The van der Waals surface area contributed by atoms with Gasteiger partial charge in [0.1, 0.15) is 11.4 Å². The Bertz CT molecular complexity index is 942. The number of aromatic nitrogens is 2. The van der Waals surface area contributed by atoms with Crippen LogP contribution in [-0.4, -0.2) is 21.0 Å². The van der Waals surface area contributed by atoms with Crippen LogP contribution in [0.25, 0.3) is 0 Å². The summed E-state index contributed by atoms with van der Waals surface area (Å²) in [5.41, 5.74) is 2.31. The van der Waals surface area contributed by atoms with Crippen LogP contribution >= 0.6 is 11.3 Å². The van der Waals surface area contributed by atoms with E-state index >= 15 is 0 Å². The van der Waals surface area contributed by atoms with Crippen molar-refractivity contribution in [1.29, 1.82) is 0 Å². The van der Waals surface area contributed by atoms with Crippen LogP contribution in [0.15, 0.2) is 48.7 Å². The van der Waals surface area contributed by atoms with E-state index in [0.29, 0.717) is 5.69 Å². The minimum Gasteiger partial charge on any atom is -0.506 e.